The molecule has 0 heterocycles. The summed E-state index contributed by atoms with van der Waals surface area (Å²) in [4.78, 5) is 0. The highest BCUT2D eigenvalue weighted by atomic mass is 16.5. The Morgan fingerprint density at radius 3 is 2.58 bits per heavy atom. The Balaban J connectivity index is 2.53. The van der Waals surface area contributed by atoms with Gasteiger partial charge in [0, 0.05) is 0 Å². The van der Waals surface area contributed by atoms with Gasteiger partial charge < -0.3 is 9.84 Å². The number of allylic oxidation sites excluding steroid dienone is 1. The van der Waals surface area contributed by atoms with Crippen LogP contribution < -0.4 is 4.74 Å². The van der Waals surface area contributed by atoms with Crippen LogP contribution in [0.4, 0.5) is 0 Å². The van der Waals surface area contributed by atoms with Crippen LogP contribution in [-0.2, 0) is 0 Å². The maximum Gasteiger partial charge on any atom is 0.126 e. The van der Waals surface area contributed by atoms with Gasteiger partial charge in [-0.15, -0.1) is 0 Å². The predicted molar refractivity (Wildman–Crippen MR) is 48.2 cm³/mol. The van der Waals surface area contributed by atoms with Gasteiger partial charge in [0.05, 0.1) is 6.26 Å². The smallest absolute Gasteiger partial charge is 0.126 e. The van der Waals surface area contributed by atoms with E-state index in [1.165, 1.54) is 0 Å². The average molecular weight is 164 g/mol. The number of phenolic OH excluding ortho intramolecular Hbond substituents is 1. The zero-order valence-electron chi connectivity index (χ0n) is 7.03. The van der Waals surface area contributed by atoms with Gasteiger partial charge in [-0.25, -0.2) is 0 Å². The molecule has 12 heavy (non-hydrogen) atoms. The molecule has 0 radical (unpaired) electrons. The van der Waals surface area contributed by atoms with Crippen molar-refractivity contribution in [2.24, 2.45) is 0 Å². The fourth-order valence-corrected chi connectivity index (χ4v) is 0.748. The second kappa shape index (κ2) is 4.44. The van der Waals surface area contributed by atoms with E-state index >= 15 is 0 Å². The monoisotopic (exact) mass is 164 g/mol. The summed E-state index contributed by atoms with van der Waals surface area (Å²) in [5, 5.41) is 8.95. The van der Waals surface area contributed by atoms with Gasteiger partial charge in [0.25, 0.3) is 0 Å². The zero-order valence-corrected chi connectivity index (χ0v) is 7.03. The maximum absolute atomic E-state index is 8.95. The van der Waals surface area contributed by atoms with E-state index in [2.05, 4.69) is 0 Å². The lowest BCUT2D eigenvalue weighted by atomic mass is 10.3. The number of phenols is 1. The Morgan fingerprint density at radius 1 is 1.33 bits per heavy atom. The first-order valence-corrected chi connectivity index (χ1v) is 3.93. The SMILES string of the molecule is CCC=COc1ccc(O)cc1. The van der Waals surface area contributed by atoms with Gasteiger partial charge in [-0.05, 0) is 36.8 Å². The summed E-state index contributed by atoms with van der Waals surface area (Å²) in [5.41, 5.74) is 0. The van der Waals surface area contributed by atoms with Gasteiger partial charge in [0.1, 0.15) is 11.5 Å². The molecule has 0 unspecified atom stereocenters. The molecular formula is C10H12O2. The van der Waals surface area contributed by atoms with Gasteiger partial charge in [0.2, 0.25) is 0 Å². The van der Waals surface area contributed by atoms with Crippen molar-refractivity contribution in [3.05, 3.63) is 36.6 Å². The standard InChI is InChI=1S/C10H12O2/c1-2-3-8-12-10-6-4-9(11)5-7-10/h3-8,11H,2H2,1H3. The third-order valence-electron chi connectivity index (χ3n) is 1.37. The van der Waals surface area contributed by atoms with Crippen molar-refractivity contribution in [3.63, 3.8) is 0 Å². The number of aromatic hydroxyl groups is 1. The molecule has 0 fully saturated rings. The summed E-state index contributed by atoms with van der Waals surface area (Å²) in [6.45, 7) is 2.04. The molecule has 0 amide bonds. The molecule has 1 aromatic carbocycles. The van der Waals surface area contributed by atoms with E-state index in [1.807, 2.05) is 13.0 Å². The number of hydrogen-bond donors (Lipinski definition) is 1. The summed E-state index contributed by atoms with van der Waals surface area (Å²) < 4.78 is 5.21. The number of ether oxygens (including phenoxy) is 1. The van der Waals surface area contributed by atoms with Crippen LogP contribution >= 0.6 is 0 Å². The Kier molecular flexibility index (Phi) is 3.20. The first-order chi connectivity index (χ1) is 5.83. The molecule has 0 aromatic heterocycles. The topological polar surface area (TPSA) is 29.5 Å². The fourth-order valence-electron chi connectivity index (χ4n) is 0.748. The van der Waals surface area contributed by atoms with Gasteiger partial charge in [-0.3, -0.25) is 0 Å². The molecule has 0 saturated carbocycles. The highest BCUT2D eigenvalue weighted by molar-refractivity contribution is 5.30. The number of hydrogen-bond acceptors (Lipinski definition) is 2. The lowest BCUT2D eigenvalue weighted by molar-refractivity contribution is 0.463. The van der Waals surface area contributed by atoms with E-state index in [0.717, 1.165) is 12.2 Å². The summed E-state index contributed by atoms with van der Waals surface area (Å²) in [5.74, 6) is 0.985. The Hall–Kier alpha value is -1.44. The van der Waals surface area contributed by atoms with E-state index < -0.39 is 0 Å². The molecule has 1 N–H and O–H groups in total. The molecular weight excluding hydrogens is 152 g/mol. The van der Waals surface area contributed by atoms with Crippen molar-refractivity contribution < 1.29 is 9.84 Å². The van der Waals surface area contributed by atoms with Gasteiger partial charge in [-0.1, -0.05) is 6.92 Å². The second-order valence-corrected chi connectivity index (χ2v) is 2.39. The summed E-state index contributed by atoms with van der Waals surface area (Å²) in [6, 6.07) is 6.62. The van der Waals surface area contributed by atoms with Crippen LogP contribution in [-0.4, -0.2) is 5.11 Å². The molecule has 0 aliphatic rings. The van der Waals surface area contributed by atoms with Crippen molar-refractivity contribution >= 4 is 0 Å². The largest absolute Gasteiger partial charge is 0.508 e. The van der Waals surface area contributed by atoms with E-state index in [-0.39, 0.29) is 5.75 Å². The highest BCUT2D eigenvalue weighted by Gasteiger charge is 1.89. The van der Waals surface area contributed by atoms with Crippen LogP contribution in [0.1, 0.15) is 13.3 Å². The van der Waals surface area contributed by atoms with Gasteiger partial charge in [-0.2, -0.15) is 0 Å². The van der Waals surface area contributed by atoms with Crippen molar-refractivity contribution in [3.8, 4) is 11.5 Å². The van der Waals surface area contributed by atoms with Gasteiger partial charge >= 0.3 is 0 Å². The molecule has 2 nitrogen and oxygen atoms in total. The molecule has 64 valence electrons. The van der Waals surface area contributed by atoms with Crippen molar-refractivity contribution in [1.82, 2.24) is 0 Å². The van der Waals surface area contributed by atoms with Crippen LogP contribution in [0, 0.1) is 0 Å². The van der Waals surface area contributed by atoms with Crippen LogP contribution in [0.15, 0.2) is 36.6 Å². The average Bonchev–Trinajstić information content (AvgIpc) is 2.09. The predicted octanol–water partition coefficient (Wildman–Crippen LogP) is 2.69. The van der Waals surface area contributed by atoms with E-state index in [9.17, 15) is 0 Å². The molecule has 0 bridgehead atoms. The van der Waals surface area contributed by atoms with Crippen molar-refractivity contribution in [2.75, 3.05) is 0 Å². The van der Waals surface area contributed by atoms with Crippen LogP contribution in [0.25, 0.3) is 0 Å². The van der Waals surface area contributed by atoms with Crippen LogP contribution in [0.2, 0.25) is 0 Å². The summed E-state index contributed by atoms with van der Waals surface area (Å²) >= 11 is 0. The van der Waals surface area contributed by atoms with E-state index in [4.69, 9.17) is 9.84 Å². The fraction of sp³-hybridized carbons (Fsp3) is 0.200. The lowest BCUT2D eigenvalue weighted by Crippen LogP contribution is -1.79. The van der Waals surface area contributed by atoms with E-state index in [0.29, 0.717) is 0 Å². The first-order valence-electron chi connectivity index (χ1n) is 3.93. The molecule has 2 heteroatoms. The summed E-state index contributed by atoms with van der Waals surface area (Å²) in [6.07, 6.45) is 4.53. The van der Waals surface area contributed by atoms with Crippen LogP contribution in [0.5, 0.6) is 11.5 Å². The Labute approximate surface area is 72.1 Å². The quantitative estimate of drug-likeness (QED) is 0.696. The minimum absolute atomic E-state index is 0.252. The first kappa shape index (κ1) is 8.65. The summed E-state index contributed by atoms with van der Waals surface area (Å²) in [7, 11) is 0. The molecule has 1 rings (SSSR count). The lowest BCUT2D eigenvalue weighted by Gasteiger charge is -1.98. The molecule has 0 aliphatic carbocycles. The molecule has 1 aromatic rings. The Morgan fingerprint density at radius 2 is 2.00 bits per heavy atom. The molecule has 0 aliphatic heterocycles. The minimum atomic E-state index is 0.252. The number of rotatable bonds is 3. The minimum Gasteiger partial charge on any atom is -0.508 e. The van der Waals surface area contributed by atoms with Crippen LogP contribution in [0.3, 0.4) is 0 Å². The normalized spacial score (nSPS) is 10.4. The van der Waals surface area contributed by atoms with Crippen molar-refractivity contribution in [1.29, 1.82) is 0 Å². The highest BCUT2D eigenvalue weighted by Crippen LogP contribution is 2.15. The third-order valence-corrected chi connectivity index (χ3v) is 1.37. The Bertz CT molecular complexity index is 249. The van der Waals surface area contributed by atoms with Gasteiger partial charge in [0.15, 0.2) is 0 Å². The van der Waals surface area contributed by atoms with Crippen molar-refractivity contribution in [2.45, 2.75) is 13.3 Å². The molecule has 0 spiro atoms. The molecule has 0 saturated heterocycles. The third kappa shape index (κ3) is 2.66. The zero-order chi connectivity index (χ0) is 8.81. The number of benzene rings is 1. The molecule has 0 atom stereocenters. The second-order valence-electron chi connectivity index (χ2n) is 2.39. The van der Waals surface area contributed by atoms with E-state index in [1.54, 1.807) is 30.5 Å². The maximum atomic E-state index is 8.95.